The van der Waals surface area contributed by atoms with Crippen molar-refractivity contribution in [3.05, 3.63) is 24.3 Å². The van der Waals surface area contributed by atoms with Crippen molar-refractivity contribution < 1.29 is 13.5 Å². The third-order valence-corrected chi connectivity index (χ3v) is 4.00. The second kappa shape index (κ2) is 11.3. The number of para-hydroxylation sites is 2. The molecule has 1 aromatic carbocycles. The van der Waals surface area contributed by atoms with Gasteiger partial charge in [-0.05, 0) is 25.0 Å². The molecule has 0 aromatic heterocycles. The standard InChI is InChI=1S/C17H26F2N4O.HI/c1-3-4-10-21-17(20-2)22-13-9-11-23(12-13)14-7-5-6-8-15(14)24-16(18)19;/h5-8,13,16H,3-4,9-12H2,1-2H3,(H2,20,21,22);1H. The highest BCUT2D eigenvalue weighted by atomic mass is 127. The molecule has 1 fully saturated rings. The van der Waals surface area contributed by atoms with E-state index in [9.17, 15) is 8.78 Å². The molecule has 1 aliphatic heterocycles. The van der Waals surface area contributed by atoms with E-state index in [1.165, 1.54) is 0 Å². The van der Waals surface area contributed by atoms with Gasteiger partial charge in [0.05, 0.1) is 5.69 Å². The number of halogens is 3. The van der Waals surface area contributed by atoms with Gasteiger partial charge in [-0.3, -0.25) is 4.99 Å². The highest BCUT2D eigenvalue weighted by Gasteiger charge is 2.25. The Kier molecular flexibility index (Phi) is 9.84. The lowest BCUT2D eigenvalue weighted by Crippen LogP contribution is -2.44. The summed E-state index contributed by atoms with van der Waals surface area (Å²) in [7, 11) is 1.75. The summed E-state index contributed by atoms with van der Waals surface area (Å²) in [4.78, 5) is 6.29. The summed E-state index contributed by atoms with van der Waals surface area (Å²) in [6.07, 6.45) is 3.13. The van der Waals surface area contributed by atoms with E-state index in [1.54, 1.807) is 19.2 Å². The molecule has 1 aromatic rings. The van der Waals surface area contributed by atoms with Gasteiger partial charge < -0.3 is 20.3 Å². The first kappa shape index (κ1) is 21.7. The van der Waals surface area contributed by atoms with Crippen LogP contribution in [0.4, 0.5) is 14.5 Å². The van der Waals surface area contributed by atoms with Gasteiger partial charge in [-0.15, -0.1) is 24.0 Å². The molecule has 0 spiro atoms. The van der Waals surface area contributed by atoms with E-state index in [4.69, 9.17) is 0 Å². The fraction of sp³-hybridized carbons (Fsp3) is 0.588. The number of nitrogens with one attached hydrogen (secondary N) is 2. The lowest BCUT2D eigenvalue weighted by molar-refractivity contribution is -0.0495. The number of benzene rings is 1. The van der Waals surface area contributed by atoms with Crippen molar-refractivity contribution in [2.75, 3.05) is 31.6 Å². The fourth-order valence-electron chi connectivity index (χ4n) is 2.78. The Morgan fingerprint density at radius 2 is 2.16 bits per heavy atom. The van der Waals surface area contributed by atoms with Crippen LogP contribution in [0.1, 0.15) is 26.2 Å². The predicted molar refractivity (Wildman–Crippen MR) is 109 cm³/mol. The van der Waals surface area contributed by atoms with E-state index in [0.29, 0.717) is 5.69 Å². The normalized spacial score (nSPS) is 17.4. The Balaban J connectivity index is 0.00000312. The van der Waals surface area contributed by atoms with Crippen LogP contribution in [0.3, 0.4) is 0 Å². The number of nitrogens with zero attached hydrogens (tertiary/aromatic N) is 2. The van der Waals surface area contributed by atoms with E-state index in [-0.39, 0.29) is 35.8 Å². The molecule has 25 heavy (non-hydrogen) atoms. The van der Waals surface area contributed by atoms with Crippen LogP contribution in [-0.2, 0) is 0 Å². The molecule has 1 aliphatic rings. The number of hydrogen-bond donors (Lipinski definition) is 2. The average molecular weight is 468 g/mol. The Hall–Kier alpha value is -1.32. The second-order valence-electron chi connectivity index (χ2n) is 5.77. The molecular formula is C17H27F2IN4O. The summed E-state index contributed by atoms with van der Waals surface area (Å²) in [6, 6.07) is 7.14. The minimum atomic E-state index is -2.82. The number of alkyl halides is 2. The number of guanidine groups is 1. The van der Waals surface area contributed by atoms with Gasteiger partial charge >= 0.3 is 6.61 Å². The van der Waals surface area contributed by atoms with Crippen molar-refractivity contribution in [1.29, 1.82) is 0 Å². The SMILES string of the molecule is CCCCNC(=NC)NC1CCN(c2ccccc2OC(F)F)C1.I. The molecule has 0 radical (unpaired) electrons. The van der Waals surface area contributed by atoms with Crippen molar-refractivity contribution in [2.45, 2.75) is 38.8 Å². The topological polar surface area (TPSA) is 48.9 Å². The molecule has 0 bridgehead atoms. The van der Waals surface area contributed by atoms with Gasteiger partial charge in [0.15, 0.2) is 5.96 Å². The molecule has 1 unspecified atom stereocenters. The van der Waals surface area contributed by atoms with Crippen LogP contribution in [0.25, 0.3) is 0 Å². The second-order valence-corrected chi connectivity index (χ2v) is 5.77. The summed E-state index contributed by atoms with van der Waals surface area (Å²) in [5.41, 5.74) is 0.705. The van der Waals surface area contributed by atoms with Gasteiger partial charge in [0.25, 0.3) is 0 Å². The van der Waals surface area contributed by atoms with Crippen molar-refractivity contribution in [3.8, 4) is 5.75 Å². The molecule has 1 heterocycles. The van der Waals surface area contributed by atoms with E-state index in [0.717, 1.165) is 44.9 Å². The lowest BCUT2D eigenvalue weighted by Gasteiger charge is -2.22. The van der Waals surface area contributed by atoms with Crippen molar-refractivity contribution in [3.63, 3.8) is 0 Å². The van der Waals surface area contributed by atoms with Gasteiger partial charge in [-0.1, -0.05) is 25.5 Å². The predicted octanol–water partition coefficient (Wildman–Crippen LogP) is 3.45. The summed E-state index contributed by atoms with van der Waals surface area (Å²) in [5.74, 6) is 1.01. The van der Waals surface area contributed by atoms with Crippen LogP contribution in [0, 0.1) is 0 Å². The molecule has 0 amide bonds. The molecule has 0 aliphatic carbocycles. The maximum Gasteiger partial charge on any atom is 0.387 e. The van der Waals surface area contributed by atoms with Gasteiger partial charge in [0.1, 0.15) is 5.75 Å². The molecule has 1 atom stereocenters. The third-order valence-electron chi connectivity index (χ3n) is 4.00. The van der Waals surface area contributed by atoms with Gasteiger partial charge in [-0.25, -0.2) is 0 Å². The summed E-state index contributed by atoms with van der Waals surface area (Å²) in [6.45, 7) is 1.72. The maximum absolute atomic E-state index is 12.6. The number of rotatable bonds is 7. The molecule has 0 saturated carbocycles. The van der Waals surface area contributed by atoms with Crippen LogP contribution in [-0.4, -0.2) is 45.3 Å². The number of ether oxygens (including phenoxy) is 1. The molecule has 2 N–H and O–H groups in total. The van der Waals surface area contributed by atoms with E-state index in [1.807, 2.05) is 12.1 Å². The van der Waals surface area contributed by atoms with Gasteiger partial charge in [0.2, 0.25) is 0 Å². The summed E-state index contributed by atoms with van der Waals surface area (Å²) >= 11 is 0. The minimum Gasteiger partial charge on any atom is -0.433 e. The first-order valence-corrected chi connectivity index (χ1v) is 8.40. The Morgan fingerprint density at radius 1 is 1.40 bits per heavy atom. The number of unbranched alkanes of at least 4 members (excludes halogenated alkanes) is 1. The van der Waals surface area contributed by atoms with Crippen LogP contribution < -0.4 is 20.3 Å². The largest absolute Gasteiger partial charge is 0.433 e. The third kappa shape index (κ3) is 6.83. The monoisotopic (exact) mass is 468 g/mol. The molecule has 8 heteroatoms. The van der Waals surface area contributed by atoms with Crippen LogP contribution in [0.5, 0.6) is 5.75 Å². The van der Waals surface area contributed by atoms with Crippen molar-refractivity contribution in [1.82, 2.24) is 10.6 Å². The zero-order valence-electron chi connectivity index (χ0n) is 14.7. The van der Waals surface area contributed by atoms with Crippen molar-refractivity contribution in [2.24, 2.45) is 4.99 Å². The fourth-order valence-corrected chi connectivity index (χ4v) is 2.78. The number of hydrogen-bond acceptors (Lipinski definition) is 3. The Labute approximate surface area is 165 Å². The van der Waals surface area contributed by atoms with Crippen LogP contribution in [0.15, 0.2) is 29.3 Å². The summed E-state index contributed by atoms with van der Waals surface area (Å²) in [5, 5.41) is 6.68. The Bertz CT molecular complexity index is 545. The first-order valence-electron chi connectivity index (χ1n) is 8.40. The maximum atomic E-state index is 12.6. The lowest BCUT2D eigenvalue weighted by atomic mass is 10.2. The molecule has 1 saturated heterocycles. The minimum absolute atomic E-state index is 0. The van der Waals surface area contributed by atoms with E-state index < -0.39 is 6.61 Å². The van der Waals surface area contributed by atoms with Gasteiger partial charge in [-0.2, -0.15) is 8.78 Å². The number of anilines is 1. The summed E-state index contributed by atoms with van der Waals surface area (Å²) < 4.78 is 29.7. The zero-order valence-corrected chi connectivity index (χ0v) is 17.0. The van der Waals surface area contributed by atoms with E-state index >= 15 is 0 Å². The smallest absolute Gasteiger partial charge is 0.387 e. The van der Waals surface area contributed by atoms with Crippen LogP contribution in [0.2, 0.25) is 0 Å². The highest BCUT2D eigenvalue weighted by molar-refractivity contribution is 14.0. The van der Waals surface area contributed by atoms with E-state index in [2.05, 4.69) is 32.2 Å². The molecular weight excluding hydrogens is 441 g/mol. The highest BCUT2D eigenvalue weighted by Crippen LogP contribution is 2.31. The Morgan fingerprint density at radius 3 is 2.84 bits per heavy atom. The van der Waals surface area contributed by atoms with Gasteiger partial charge in [0, 0.05) is 32.7 Å². The molecule has 142 valence electrons. The molecule has 5 nitrogen and oxygen atoms in total. The first-order chi connectivity index (χ1) is 11.6. The average Bonchev–Trinajstić information content (AvgIpc) is 3.02. The quantitative estimate of drug-likeness (QED) is 0.279. The number of aliphatic imine (C=N–C) groups is 1. The van der Waals surface area contributed by atoms with Crippen LogP contribution >= 0.6 is 24.0 Å². The molecule has 2 rings (SSSR count). The zero-order chi connectivity index (χ0) is 17.4. The van der Waals surface area contributed by atoms with Crippen molar-refractivity contribution >= 4 is 35.6 Å².